The number of phenols is 1. The topological polar surface area (TPSA) is 80.0 Å². The summed E-state index contributed by atoms with van der Waals surface area (Å²) in [5.41, 5.74) is 2.96. The summed E-state index contributed by atoms with van der Waals surface area (Å²) in [7, 11) is 0. The number of benzene rings is 3. The van der Waals surface area contributed by atoms with Crippen molar-refractivity contribution >= 4 is 34.3 Å². The van der Waals surface area contributed by atoms with Crippen LogP contribution in [0, 0.1) is 5.92 Å². The second-order valence-corrected chi connectivity index (χ2v) is 9.34. The molecule has 6 nitrogen and oxygen atoms in total. The first-order valence-corrected chi connectivity index (χ1v) is 12.0. The van der Waals surface area contributed by atoms with Gasteiger partial charge in [-0.3, -0.25) is 4.79 Å². The fraction of sp³-hybridized carbons (Fsp3) is 0.192. The third kappa shape index (κ3) is 3.58. The zero-order valence-corrected chi connectivity index (χ0v) is 18.6. The molecular weight excluding hydrogens is 432 g/mol. The quantitative estimate of drug-likeness (QED) is 0.407. The Morgan fingerprint density at radius 3 is 2.85 bits per heavy atom. The molecule has 0 amide bonds. The van der Waals surface area contributed by atoms with Gasteiger partial charge in [0.15, 0.2) is 0 Å². The van der Waals surface area contributed by atoms with E-state index in [0.717, 1.165) is 23.4 Å². The summed E-state index contributed by atoms with van der Waals surface area (Å²) in [6.45, 7) is 0. The van der Waals surface area contributed by atoms with Gasteiger partial charge >= 0.3 is 0 Å². The lowest BCUT2D eigenvalue weighted by molar-refractivity contribution is -0.123. The lowest BCUT2D eigenvalue weighted by Crippen LogP contribution is -2.38. The maximum Gasteiger partial charge on any atom is 0.227 e. The molecule has 0 bridgehead atoms. The predicted octanol–water partition coefficient (Wildman–Crippen LogP) is 5.31. The summed E-state index contributed by atoms with van der Waals surface area (Å²) in [6, 6.07) is 21.4. The van der Waals surface area contributed by atoms with Crippen molar-refractivity contribution in [2.24, 2.45) is 5.92 Å². The number of nitrogens with zero attached hydrogens (tertiary/aromatic N) is 3. The van der Waals surface area contributed by atoms with E-state index >= 15 is 0 Å². The van der Waals surface area contributed by atoms with Crippen molar-refractivity contribution in [3.63, 3.8) is 0 Å². The van der Waals surface area contributed by atoms with Crippen LogP contribution in [0.1, 0.15) is 30.0 Å². The van der Waals surface area contributed by atoms with Crippen molar-refractivity contribution in [2.45, 2.75) is 29.8 Å². The highest BCUT2D eigenvalue weighted by atomic mass is 32.2. The third-order valence-corrected chi connectivity index (χ3v) is 7.22. The van der Waals surface area contributed by atoms with Gasteiger partial charge in [-0.05, 0) is 40.5 Å². The van der Waals surface area contributed by atoms with E-state index in [4.69, 9.17) is 10.1 Å². The number of thioether (sulfide) groups is 1. The monoisotopic (exact) mass is 454 g/mol. The third-order valence-electron chi connectivity index (χ3n) is 6.33. The first kappa shape index (κ1) is 20.1. The average molecular weight is 455 g/mol. The van der Waals surface area contributed by atoms with Crippen molar-refractivity contribution in [1.82, 2.24) is 14.8 Å². The molecule has 4 aromatic rings. The molecule has 1 aliphatic carbocycles. The van der Waals surface area contributed by atoms with Crippen LogP contribution in [-0.2, 0) is 10.5 Å². The van der Waals surface area contributed by atoms with Crippen LogP contribution in [0.4, 0.5) is 5.95 Å². The second kappa shape index (κ2) is 8.08. The molecule has 2 heterocycles. The van der Waals surface area contributed by atoms with Crippen LogP contribution in [0.2, 0.25) is 0 Å². The Labute approximate surface area is 195 Å². The van der Waals surface area contributed by atoms with E-state index in [-0.39, 0.29) is 23.5 Å². The van der Waals surface area contributed by atoms with Gasteiger partial charge < -0.3 is 10.4 Å². The van der Waals surface area contributed by atoms with Gasteiger partial charge in [-0.15, -0.1) is 5.10 Å². The molecule has 1 aliphatic heterocycles. The van der Waals surface area contributed by atoms with Gasteiger partial charge in [0.2, 0.25) is 11.1 Å². The zero-order chi connectivity index (χ0) is 22.4. The Balaban J connectivity index is 1.36. The normalized spacial score (nSPS) is 19.5. The molecule has 0 spiro atoms. The Morgan fingerprint density at radius 1 is 1.09 bits per heavy atom. The van der Waals surface area contributed by atoms with Gasteiger partial charge in [-0.2, -0.15) is 4.98 Å². The van der Waals surface area contributed by atoms with Crippen LogP contribution in [0.5, 0.6) is 5.75 Å². The standard InChI is InChI=1S/C26H22N4O2S/c31-19-10-4-8-17(14-19)24-23-21(12-5-13-22(23)32)27-25-28-26(29-30(24)25)33-15-18-9-3-7-16-6-1-2-11-20(16)18/h1-4,6-12,14,23-24,31H,5,13,15H2,(H,27,28,29)/t23-,24-/m0/s1. The molecule has 0 radical (unpaired) electrons. The van der Waals surface area contributed by atoms with Crippen LogP contribution >= 0.6 is 11.8 Å². The highest BCUT2D eigenvalue weighted by Gasteiger charge is 2.41. The largest absolute Gasteiger partial charge is 0.508 e. The van der Waals surface area contributed by atoms with Gasteiger partial charge in [-0.1, -0.05) is 72.4 Å². The van der Waals surface area contributed by atoms with Gasteiger partial charge in [0.05, 0.1) is 12.0 Å². The van der Waals surface area contributed by atoms with Crippen molar-refractivity contribution in [3.05, 3.63) is 89.6 Å². The number of Topliss-reactive ketones (excluding diaryl/α,β-unsaturated/α-hetero) is 1. The number of phenolic OH excluding ortho intramolecular Hbond substituents is 1. The van der Waals surface area contributed by atoms with Crippen LogP contribution < -0.4 is 5.32 Å². The number of hydrogen-bond donors (Lipinski definition) is 2. The van der Waals surface area contributed by atoms with E-state index in [1.807, 2.05) is 16.8 Å². The summed E-state index contributed by atoms with van der Waals surface area (Å²) in [4.78, 5) is 17.7. The van der Waals surface area contributed by atoms with E-state index < -0.39 is 0 Å². The number of rotatable bonds is 4. The van der Waals surface area contributed by atoms with Crippen LogP contribution in [-0.4, -0.2) is 25.7 Å². The molecule has 6 rings (SSSR count). The number of aromatic nitrogens is 3. The molecule has 2 N–H and O–H groups in total. The number of anilines is 1. The number of nitrogens with one attached hydrogen (secondary N) is 1. The summed E-state index contributed by atoms with van der Waals surface area (Å²) >= 11 is 1.58. The lowest BCUT2D eigenvalue weighted by atomic mass is 9.81. The van der Waals surface area contributed by atoms with Crippen molar-refractivity contribution in [2.75, 3.05) is 5.32 Å². The summed E-state index contributed by atoms with van der Waals surface area (Å²) in [5.74, 6) is 1.37. The van der Waals surface area contributed by atoms with E-state index in [1.165, 1.54) is 16.3 Å². The van der Waals surface area contributed by atoms with E-state index in [9.17, 15) is 9.90 Å². The highest BCUT2D eigenvalue weighted by Crippen LogP contribution is 2.42. The number of carbonyl (C=O) groups is 1. The molecule has 1 aromatic heterocycles. The summed E-state index contributed by atoms with van der Waals surface area (Å²) < 4.78 is 1.81. The molecule has 7 heteroatoms. The van der Waals surface area contributed by atoms with E-state index in [2.05, 4.69) is 47.8 Å². The first-order chi connectivity index (χ1) is 16.2. The van der Waals surface area contributed by atoms with Crippen LogP contribution in [0.25, 0.3) is 10.8 Å². The van der Waals surface area contributed by atoms with Crippen molar-refractivity contribution in [3.8, 4) is 5.75 Å². The van der Waals surface area contributed by atoms with Gasteiger partial charge in [0, 0.05) is 17.9 Å². The van der Waals surface area contributed by atoms with Crippen molar-refractivity contribution in [1.29, 1.82) is 0 Å². The molecule has 0 unspecified atom stereocenters. The molecule has 0 saturated carbocycles. The molecule has 0 saturated heterocycles. The van der Waals surface area contributed by atoms with Gasteiger partial charge in [0.1, 0.15) is 11.5 Å². The Hall–Kier alpha value is -3.58. The molecule has 2 aliphatic rings. The highest BCUT2D eigenvalue weighted by molar-refractivity contribution is 7.98. The van der Waals surface area contributed by atoms with Gasteiger partial charge in [0.25, 0.3) is 0 Å². The summed E-state index contributed by atoms with van der Waals surface area (Å²) in [5, 5.41) is 21.3. The minimum absolute atomic E-state index is 0.173. The number of fused-ring (bicyclic) bond motifs is 3. The average Bonchev–Trinajstić information content (AvgIpc) is 3.24. The Morgan fingerprint density at radius 2 is 1.94 bits per heavy atom. The SMILES string of the molecule is O=C1CCC=C2Nc3nc(SCc4cccc5ccccc45)nn3[C@@H](c3cccc(O)c3)[C@H]12. The number of allylic oxidation sites excluding steroid dienone is 2. The number of carbonyl (C=O) groups excluding carboxylic acids is 1. The second-order valence-electron chi connectivity index (χ2n) is 8.40. The maximum atomic E-state index is 12.9. The molecule has 2 atom stereocenters. The minimum Gasteiger partial charge on any atom is -0.508 e. The molecule has 3 aromatic carbocycles. The number of ketones is 1. The van der Waals surface area contributed by atoms with Crippen LogP contribution in [0.3, 0.4) is 0 Å². The number of aromatic hydroxyl groups is 1. The Bertz CT molecular complexity index is 1410. The minimum atomic E-state index is -0.356. The fourth-order valence-corrected chi connectivity index (χ4v) is 5.65. The van der Waals surface area contributed by atoms with Gasteiger partial charge in [-0.25, -0.2) is 4.68 Å². The molecular formula is C26H22N4O2S. The fourth-order valence-electron chi connectivity index (χ4n) is 4.82. The smallest absolute Gasteiger partial charge is 0.227 e. The maximum absolute atomic E-state index is 12.9. The molecule has 164 valence electrons. The van der Waals surface area contributed by atoms with E-state index in [1.54, 1.807) is 30.0 Å². The molecule has 33 heavy (non-hydrogen) atoms. The van der Waals surface area contributed by atoms with E-state index in [0.29, 0.717) is 17.5 Å². The zero-order valence-electron chi connectivity index (χ0n) is 17.8. The lowest BCUT2D eigenvalue weighted by Gasteiger charge is -2.36. The van der Waals surface area contributed by atoms with Crippen LogP contribution in [0.15, 0.2) is 83.7 Å². The molecule has 0 fully saturated rings. The number of hydrogen-bond acceptors (Lipinski definition) is 6. The Kier molecular flexibility index (Phi) is 4.91. The summed E-state index contributed by atoms with van der Waals surface area (Å²) in [6.07, 6.45) is 3.32. The first-order valence-electron chi connectivity index (χ1n) is 11.0. The van der Waals surface area contributed by atoms with Crippen molar-refractivity contribution < 1.29 is 9.90 Å². The predicted molar refractivity (Wildman–Crippen MR) is 129 cm³/mol.